The standard InChI is InChI=1S/C10H16/c1-8(2)6-7-10(5)9(3)4/h6,8H,3H2,1-2,4-5H3. The molecule has 0 spiro atoms. The van der Waals surface area contributed by atoms with Crippen LogP contribution in [-0.2, 0) is 0 Å². The first-order valence-corrected chi connectivity index (χ1v) is 3.63. The van der Waals surface area contributed by atoms with Crippen molar-refractivity contribution >= 4 is 0 Å². The van der Waals surface area contributed by atoms with Gasteiger partial charge in [-0.05, 0) is 37.0 Å². The van der Waals surface area contributed by atoms with Crippen molar-refractivity contribution in [2.45, 2.75) is 27.7 Å². The molecule has 0 unspecified atom stereocenters. The fraction of sp³-hybridized carbons (Fsp3) is 0.500. The van der Waals surface area contributed by atoms with E-state index >= 15 is 0 Å². The minimum Gasteiger partial charge on any atom is -0.121 e. The van der Waals surface area contributed by atoms with E-state index in [2.05, 4.69) is 32.2 Å². The molecule has 10 heavy (non-hydrogen) atoms. The average molecular weight is 136 g/mol. The lowest BCUT2D eigenvalue weighted by Gasteiger charge is -1.93. The predicted octanol–water partition coefficient (Wildman–Crippen LogP) is 3.32. The Morgan fingerprint density at radius 1 is 1.40 bits per heavy atom. The van der Waals surface area contributed by atoms with Gasteiger partial charge in [0, 0.05) is 0 Å². The second-order valence-electron chi connectivity index (χ2n) is 2.96. The molecule has 0 N–H and O–H groups in total. The van der Waals surface area contributed by atoms with Crippen molar-refractivity contribution in [1.29, 1.82) is 0 Å². The zero-order valence-electron chi connectivity index (χ0n) is 7.36. The molecule has 0 atom stereocenters. The Balaban J connectivity index is 4.29. The molecule has 0 aromatic heterocycles. The summed E-state index contributed by atoms with van der Waals surface area (Å²) in [5, 5.41) is 0. The van der Waals surface area contributed by atoms with Crippen molar-refractivity contribution in [1.82, 2.24) is 0 Å². The van der Waals surface area contributed by atoms with E-state index < -0.39 is 0 Å². The van der Waals surface area contributed by atoms with Crippen molar-refractivity contribution < 1.29 is 0 Å². The first kappa shape index (κ1) is 9.26. The number of hydrogen-bond acceptors (Lipinski definition) is 0. The summed E-state index contributed by atoms with van der Waals surface area (Å²) in [6, 6.07) is 0. The number of hydrogen-bond donors (Lipinski definition) is 0. The minimum atomic E-state index is 0.578. The zero-order valence-corrected chi connectivity index (χ0v) is 7.36. The third kappa shape index (κ3) is 4.17. The first-order chi connectivity index (χ1) is 4.54. The monoisotopic (exact) mass is 136 g/mol. The molecular formula is C10H16. The zero-order chi connectivity index (χ0) is 8.15. The molecule has 0 nitrogen and oxygen atoms in total. The normalized spacial score (nSPS) is 8.90. The van der Waals surface area contributed by atoms with Crippen molar-refractivity contribution in [2.75, 3.05) is 0 Å². The second-order valence-corrected chi connectivity index (χ2v) is 2.96. The van der Waals surface area contributed by atoms with Crippen LogP contribution in [0.3, 0.4) is 0 Å². The van der Waals surface area contributed by atoms with Crippen LogP contribution in [-0.4, -0.2) is 0 Å². The van der Waals surface area contributed by atoms with E-state index in [0.717, 1.165) is 11.1 Å². The molecule has 0 aliphatic carbocycles. The van der Waals surface area contributed by atoms with Gasteiger partial charge in [0.15, 0.2) is 0 Å². The molecule has 0 fully saturated rings. The predicted molar refractivity (Wildman–Crippen MR) is 46.9 cm³/mol. The Morgan fingerprint density at radius 3 is 2.20 bits per heavy atom. The molecule has 0 aromatic carbocycles. The molecule has 0 saturated carbocycles. The highest BCUT2D eigenvalue weighted by molar-refractivity contribution is 5.22. The van der Waals surface area contributed by atoms with Gasteiger partial charge in [0.25, 0.3) is 0 Å². The van der Waals surface area contributed by atoms with Gasteiger partial charge in [0.1, 0.15) is 0 Å². The third-order valence-electron chi connectivity index (χ3n) is 1.27. The van der Waals surface area contributed by atoms with Crippen LogP contribution >= 0.6 is 0 Å². The summed E-state index contributed by atoms with van der Waals surface area (Å²) in [4.78, 5) is 0. The van der Waals surface area contributed by atoms with E-state index in [9.17, 15) is 0 Å². The molecular weight excluding hydrogens is 120 g/mol. The van der Waals surface area contributed by atoms with Crippen LogP contribution in [0.25, 0.3) is 0 Å². The van der Waals surface area contributed by atoms with Crippen molar-refractivity contribution in [3.63, 3.8) is 0 Å². The van der Waals surface area contributed by atoms with Gasteiger partial charge in [-0.2, -0.15) is 0 Å². The maximum atomic E-state index is 3.81. The Kier molecular flexibility index (Phi) is 3.83. The lowest BCUT2D eigenvalue weighted by molar-refractivity contribution is 0.832. The molecule has 0 heterocycles. The van der Waals surface area contributed by atoms with Crippen LogP contribution in [0, 0.1) is 5.92 Å². The van der Waals surface area contributed by atoms with Crippen LogP contribution in [0.1, 0.15) is 27.7 Å². The molecule has 56 valence electrons. The number of rotatable bonds is 2. The average Bonchev–Trinajstić information content (AvgIpc) is 1.82. The van der Waals surface area contributed by atoms with Crippen molar-refractivity contribution in [3.8, 4) is 0 Å². The van der Waals surface area contributed by atoms with Crippen LogP contribution in [0.5, 0.6) is 0 Å². The van der Waals surface area contributed by atoms with Gasteiger partial charge in [-0.25, -0.2) is 0 Å². The summed E-state index contributed by atoms with van der Waals surface area (Å²) in [6.45, 7) is 12.1. The first-order valence-electron chi connectivity index (χ1n) is 3.63. The Bertz CT molecular complexity index is 176. The Morgan fingerprint density at radius 2 is 1.90 bits per heavy atom. The summed E-state index contributed by atoms with van der Waals surface area (Å²) in [7, 11) is 0. The quantitative estimate of drug-likeness (QED) is 0.403. The Hall–Kier alpha value is -0.740. The fourth-order valence-electron chi connectivity index (χ4n) is 0.415. The van der Waals surface area contributed by atoms with Crippen LogP contribution in [0.4, 0.5) is 0 Å². The summed E-state index contributed by atoms with van der Waals surface area (Å²) in [6.07, 6.45) is 2.06. The van der Waals surface area contributed by atoms with Crippen LogP contribution in [0.15, 0.2) is 29.5 Å². The van der Waals surface area contributed by atoms with Gasteiger partial charge in [0.2, 0.25) is 0 Å². The topological polar surface area (TPSA) is 0 Å². The highest BCUT2D eigenvalue weighted by Gasteiger charge is 1.85. The van der Waals surface area contributed by atoms with E-state index in [1.54, 1.807) is 0 Å². The lowest BCUT2D eigenvalue weighted by atomic mass is 10.1. The summed E-state index contributed by atoms with van der Waals surface area (Å²) < 4.78 is 0. The summed E-state index contributed by atoms with van der Waals surface area (Å²) in [5.41, 5.74) is 5.41. The summed E-state index contributed by atoms with van der Waals surface area (Å²) >= 11 is 0. The smallest absolute Gasteiger partial charge is 0.00713 e. The highest BCUT2D eigenvalue weighted by Crippen LogP contribution is 2.03. The fourth-order valence-corrected chi connectivity index (χ4v) is 0.415. The van der Waals surface area contributed by atoms with Gasteiger partial charge < -0.3 is 0 Å². The third-order valence-corrected chi connectivity index (χ3v) is 1.27. The SMILES string of the molecule is C=C(C)C(C)=C=CC(C)C. The van der Waals surface area contributed by atoms with E-state index in [1.807, 2.05) is 13.8 Å². The van der Waals surface area contributed by atoms with Gasteiger partial charge in [-0.1, -0.05) is 20.4 Å². The molecule has 0 aliphatic heterocycles. The van der Waals surface area contributed by atoms with E-state index in [-0.39, 0.29) is 0 Å². The van der Waals surface area contributed by atoms with Gasteiger partial charge in [-0.15, -0.1) is 5.73 Å². The molecule has 0 radical (unpaired) electrons. The van der Waals surface area contributed by atoms with Crippen LogP contribution < -0.4 is 0 Å². The Labute approximate surface area is 64.0 Å². The molecule has 0 amide bonds. The second kappa shape index (κ2) is 4.14. The van der Waals surface area contributed by atoms with Crippen LogP contribution in [0.2, 0.25) is 0 Å². The van der Waals surface area contributed by atoms with E-state index in [1.165, 1.54) is 0 Å². The lowest BCUT2D eigenvalue weighted by Crippen LogP contribution is -1.76. The maximum absolute atomic E-state index is 3.81. The van der Waals surface area contributed by atoms with Gasteiger partial charge in [0.05, 0.1) is 0 Å². The minimum absolute atomic E-state index is 0.578. The number of allylic oxidation sites excluding steroid dienone is 2. The van der Waals surface area contributed by atoms with E-state index in [4.69, 9.17) is 0 Å². The molecule has 0 aliphatic rings. The van der Waals surface area contributed by atoms with Gasteiger partial charge in [-0.3, -0.25) is 0 Å². The van der Waals surface area contributed by atoms with Gasteiger partial charge >= 0.3 is 0 Å². The van der Waals surface area contributed by atoms with Crippen molar-refractivity contribution in [2.24, 2.45) is 5.92 Å². The molecule has 0 aromatic rings. The molecule has 0 rings (SSSR count). The highest BCUT2D eigenvalue weighted by atomic mass is 13.9. The molecule has 0 bridgehead atoms. The molecule has 0 heteroatoms. The summed E-state index contributed by atoms with van der Waals surface area (Å²) in [5.74, 6) is 0.578. The molecule has 0 saturated heterocycles. The van der Waals surface area contributed by atoms with E-state index in [0.29, 0.717) is 5.92 Å². The maximum Gasteiger partial charge on any atom is -0.00713 e. The van der Waals surface area contributed by atoms with Crippen molar-refractivity contribution in [3.05, 3.63) is 29.5 Å². The largest absolute Gasteiger partial charge is 0.121 e.